The molecule has 0 heterocycles. The van der Waals surface area contributed by atoms with Crippen LogP contribution in [0.25, 0.3) is 0 Å². The van der Waals surface area contributed by atoms with Crippen molar-refractivity contribution < 1.29 is 5.11 Å². The van der Waals surface area contributed by atoms with Gasteiger partial charge in [-0.25, -0.2) is 0 Å². The SMILES string of the molecule is CN(C)[C@@H](C#N)CCO. The quantitative estimate of drug-likeness (QED) is 0.573. The Bertz CT molecular complexity index is 106. The molecule has 3 nitrogen and oxygen atoms in total. The van der Waals surface area contributed by atoms with Crippen LogP contribution in [0.15, 0.2) is 0 Å². The van der Waals surface area contributed by atoms with E-state index >= 15 is 0 Å². The van der Waals surface area contributed by atoms with E-state index in [1.54, 1.807) is 4.90 Å². The Kier molecular flexibility index (Phi) is 4.02. The zero-order chi connectivity index (χ0) is 7.28. The predicted octanol–water partition coefficient (Wildman–Crippen LogP) is -0.177. The van der Waals surface area contributed by atoms with E-state index in [1.165, 1.54) is 0 Å². The Balaban J connectivity index is 3.58. The molecule has 0 aromatic carbocycles. The first kappa shape index (κ1) is 8.41. The number of hydrogen-bond acceptors (Lipinski definition) is 3. The van der Waals surface area contributed by atoms with Crippen LogP contribution in [0.3, 0.4) is 0 Å². The molecule has 0 amide bonds. The lowest BCUT2D eigenvalue weighted by atomic mass is 10.2. The molecule has 0 saturated carbocycles. The molecular weight excluding hydrogens is 116 g/mol. The molecule has 0 unspecified atom stereocenters. The molecule has 3 heteroatoms. The molecule has 52 valence electrons. The summed E-state index contributed by atoms with van der Waals surface area (Å²) in [6, 6.07) is 1.92. The Morgan fingerprint density at radius 2 is 2.22 bits per heavy atom. The number of nitrogens with zero attached hydrogens (tertiary/aromatic N) is 2. The molecule has 0 radical (unpaired) electrons. The summed E-state index contributed by atoms with van der Waals surface area (Å²) in [4.78, 5) is 1.79. The second-order valence-electron chi connectivity index (χ2n) is 2.12. The maximum atomic E-state index is 8.44. The zero-order valence-corrected chi connectivity index (χ0v) is 5.83. The summed E-state index contributed by atoms with van der Waals surface area (Å²) in [6.45, 7) is 0.0798. The monoisotopic (exact) mass is 128 g/mol. The minimum absolute atomic E-state index is 0.0798. The van der Waals surface area contributed by atoms with Crippen molar-refractivity contribution in [2.75, 3.05) is 20.7 Å². The number of rotatable bonds is 3. The van der Waals surface area contributed by atoms with Crippen LogP contribution < -0.4 is 0 Å². The molecule has 0 aliphatic carbocycles. The van der Waals surface area contributed by atoms with Crippen molar-refractivity contribution in [3.63, 3.8) is 0 Å². The summed E-state index contributed by atoms with van der Waals surface area (Å²) in [5, 5.41) is 16.9. The van der Waals surface area contributed by atoms with Gasteiger partial charge in [0.25, 0.3) is 0 Å². The molecule has 0 aromatic rings. The summed E-state index contributed by atoms with van der Waals surface area (Å²) >= 11 is 0. The lowest BCUT2D eigenvalue weighted by Gasteiger charge is -2.14. The molecule has 0 saturated heterocycles. The molecule has 0 rings (SSSR count). The first-order valence-corrected chi connectivity index (χ1v) is 2.89. The standard InChI is InChI=1S/C6H12N2O/c1-8(2)6(5-7)3-4-9/h6,9H,3-4H2,1-2H3/t6-/m1/s1. The van der Waals surface area contributed by atoms with Gasteiger partial charge >= 0.3 is 0 Å². The van der Waals surface area contributed by atoms with E-state index in [1.807, 2.05) is 14.1 Å². The van der Waals surface area contributed by atoms with E-state index in [0.29, 0.717) is 6.42 Å². The molecular formula is C6H12N2O. The second-order valence-corrected chi connectivity index (χ2v) is 2.12. The molecule has 0 aromatic heterocycles. The average molecular weight is 128 g/mol. The van der Waals surface area contributed by atoms with Crippen LogP contribution in [0.2, 0.25) is 0 Å². The van der Waals surface area contributed by atoms with Crippen molar-refractivity contribution in [1.29, 1.82) is 5.26 Å². The predicted molar refractivity (Wildman–Crippen MR) is 34.8 cm³/mol. The third-order valence-corrected chi connectivity index (χ3v) is 1.17. The van der Waals surface area contributed by atoms with E-state index < -0.39 is 0 Å². The van der Waals surface area contributed by atoms with Gasteiger partial charge in [-0.1, -0.05) is 0 Å². The largest absolute Gasteiger partial charge is 0.396 e. The van der Waals surface area contributed by atoms with Gasteiger partial charge in [0.2, 0.25) is 0 Å². The Morgan fingerprint density at radius 3 is 2.33 bits per heavy atom. The first-order valence-electron chi connectivity index (χ1n) is 2.89. The molecule has 0 aliphatic heterocycles. The molecule has 0 fully saturated rings. The molecule has 0 bridgehead atoms. The van der Waals surface area contributed by atoms with Gasteiger partial charge in [0.05, 0.1) is 12.1 Å². The number of aliphatic hydroxyl groups excluding tert-OH is 1. The molecule has 1 atom stereocenters. The third-order valence-electron chi connectivity index (χ3n) is 1.17. The lowest BCUT2D eigenvalue weighted by molar-refractivity contribution is 0.237. The smallest absolute Gasteiger partial charge is 0.0994 e. The summed E-state index contributed by atoms with van der Waals surface area (Å²) in [7, 11) is 3.65. The van der Waals surface area contributed by atoms with Crippen LogP contribution in [-0.2, 0) is 0 Å². The van der Waals surface area contributed by atoms with Crippen molar-refractivity contribution in [2.45, 2.75) is 12.5 Å². The first-order chi connectivity index (χ1) is 4.22. The van der Waals surface area contributed by atoms with Crippen LogP contribution >= 0.6 is 0 Å². The Hall–Kier alpha value is -0.590. The highest BCUT2D eigenvalue weighted by atomic mass is 16.3. The highest BCUT2D eigenvalue weighted by molar-refractivity contribution is 4.88. The van der Waals surface area contributed by atoms with Crippen molar-refractivity contribution in [3.8, 4) is 6.07 Å². The minimum atomic E-state index is -0.144. The topological polar surface area (TPSA) is 47.3 Å². The number of nitriles is 1. The molecule has 9 heavy (non-hydrogen) atoms. The van der Waals surface area contributed by atoms with Gasteiger partial charge in [0, 0.05) is 6.61 Å². The summed E-state index contributed by atoms with van der Waals surface area (Å²) < 4.78 is 0. The van der Waals surface area contributed by atoms with Crippen LogP contribution in [0.1, 0.15) is 6.42 Å². The third kappa shape index (κ3) is 3.07. The highest BCUT2D eigenvalue weighted by Gasteiger charge is 2.06. The Morgan fingerprint density at radius 1 is 1.67 bits per heavy atom. The maximum absolute atomic E-state index is 8.44. The van der Waals surface area contributed by atoms with Gasteiger partial charge in [-0.3, -0.25) is 4.90 Å². The van der Waals surface area contributed by atoms with E-state index in [4.69, 9.17) is 10.4 Å². The second kappa shape index (κ2) is 4.30. The number of hydrogen-bond donors (Lipinski definition) is 1. The molecule has 0 aliphatic rings. The van der Waals surface area contributed by atoms with E-state index in [9.17, 15) is 0 Å². The van der Waals surface area contributed by atoms with E-state index in [-0.39, 0.29) is 12.6 Å². The van der Waals surface area contributed by atoms with Crippen LogP contribution in [0, 0.1) is 11.3 Å². The molecule has 0 spiro atoms. The van der Waals surface area contributed by atoms with Gasteiger partial charge < -0.3 is 5.11 Å². The fourth-order valence-corrected chi connectivity index (χ4v) is 0.561. The maximum Gasteiger partial charge on any atom is 0.0994 e. The lowest BCUT2D eigenvalue weighted by Crippen LogP contribution is -2.26. The van der Waals surface area contributed by atoms with Crippen LogP contribution in [0.5, 0.6) is 0 Å². The van der Waals surface area contributed by atoms with Gasteiger partial charge in [0.1, 0.15) is 0 Å². The van der Waals surface area contributed by atoms with Gasteiger partial charge in [-0.2, -0.15) is 5.26 Å². The van der Waals surface area contributed by atoms with Crippen molar-refractivity contribution >= 4 is 0 Å². The number of aliphatic hydroxyl groups is 1. The van der Waals surface area contributed by atoms with Crippen molar-refractivity contribution in [2.24, 2.45) is 0 Å². The van der Waals surface area contributed by atoms with Crippen LogP contribution in [0.4, 0.5) is 0 Å². The van der Waals surface area contributed by atoms with Gasteiger partial charge in [0.15, 0.2) is 0 Å². The molecule has 1 N–H and O–H groups in total. The van der Waals surface area contributed by atoms with Crippen LogP contribution in [-0.4, -0.2) is 36.8 Å². The highest BCUT2D eigenvalue weighted by Crippen LogP contribution is 1.95. The van der Waals surface area contributed by atoms with Gasteiger partial charge in [-0.05, 0) is 20.5 Å². The summed E-state index contributed by atoms with van der Waals surface area (Å²) in [5.41, 5.74) is 0. The van der Waals surface area contributed by atoms with Crippen molar-refractivity contribution in [1.82, 2.24) is 4.90 Å². The van der Waals surface area contributed by atoms with Crippen molar-refractivity contribution in [3.05, 3.63) is 0 Å². The fourth-order valence-electron chi connectivity index (χ4n) is 0.561. The van der Waals surface area contributed by atoms with Gasteiger partial charge in [-0.15, -0.1) is 0 Å². The average Bonchev–Trinajstić information content (AvgIpc) is 1.82. The van der Waals surface area contributed by atoms with E-state index in [2.05, 4.69) is 6.07 Å². The summed E-state index contributed by atoms with van der Waals surface area (Å²) in [5.74, 6) is 0. The van der Waals surface area contributed by atoms with E-state index in [0.717, 1.165) is 0 Å². The minimum Gasteiger partial charge on any atom is -0.396 e. The normalized spacial score (nSPS) is 13.2. The fraction of sp³-hybridized carbons (Fsp3) is 0.833. The Labute approximate surface area is 55.5 Å². The zero-order valence-electron chi connectivity index (χ0n) is 5.83. The summed E-state index contributed by atoms with van der Waals surface area (Å²) in [6.07, 6.45) is 0.531.